The third-order valence-electron chi connectivity index (χ3n) is 3.94. The second-order valence-corrected chi connectivity index (χ2v) is 8.18. The Bertz CT molecular complexity index is 614. The average Bonchev–Trinajstić information content (AvgIpc) is 2.59. The highest BCUT2D eigenvalue weighted by molar-refractivity contribution is 7.98. The molecule has 1 heterocycles. The van der Waals surface area contributed by atoms with E-state index in [1.54, 1.807) is 28.2 Å². The summed E-state index contributed by atoms with van der Waals surface area (Å²) in [7, 11) is -0.471. The molecule has 1 aromatic carbocycles. The lowest BCUT2D eigenvalue weighted by molar-refractivity contribution is 0.197. The van der Waals surface area contributed by atoms with Crippen molar-refractivity contribution in [3.05, 3.63) is 18.2 Å². The highest BCUT2D eigenvalue weighted by atomic mass is 32.2. The predicted octanol–water partition coefficient (Wildman–Crippen LogP) is 1.37. The van der Waals surface area contributed by atoms with Gasteiger partial charge >= 0.3 is 0 Å². The summed E-state index contributed by atoms with van der Waals surface area (Å²) in [5.74, 6) is 2.02. The zero-order chi connectivity index (χ0) is 16.9. The van der Waals surface area contributed by atoms with Crippen LogP contribution in [0.1, 0.15) is 0 Å². The number of piperazine rings is 1. The minimum absolute atomic E-state index is 0.243. The van der Waals surface area contributed by atoms with E-state index in [1.807, 2.05) is 0 Å². The van der Waals surface area contributed by atoms with Gasteiger partial charge in [-0.2, -0.15) is 16.1 Å². The predicted molar refractivity (Wildman–Crippen MR) is 93.1 cm³/mol. The van der Waals surface area contributed by atoms with Crippen LogP contribution in [0.3, 0.4) is 0 Å². The Morgan fingerprint density at radius 3 is 2.30 bits per heavy atom. The summed E-state index contributed by atoms with van der Waals surface area (Å²) in [5, 5.41) is 0. The monoisotopic (exact) mass is 360 g/mol. The van der Waals surface area contributed by atoms with Gasteiger partial charge in [0.25, 0.3) is 0 Å². The second-order valence-electron chi connectivity index (χ2n) is 5.26. The first-order valence-electron chi connectivity index (χ1n) is 7.46. The SMILES string of the molecule is COc1ccc(S(=O)(=O)N2CCN(CCSC)CC2)cc1OC. The fourth-order valence-corrected chi connectivity index (χ4v) is 4.42. The smallest absolute Gasteiger partial charge is 0.243 e. The van der Waals surface area contributed by atoms with Crippen molar-refractivity contribution in [2.75, 3.05) is 59.0 Å². The number of rotatable bonds is 7. The number of benzene rings is 1. The van der Waals surface area contributed by atoms with Gasteiger partial charge < -0.3 is 9.47 Å². The summed E-state index contributed by atoms with van der Waals surface area (Å²) >= 11 is 1.81. The van der Waals surface area contributed by atoms with E-state index in [2.05, 4.69) is 11.2 Å². The maximum atomic E-state index is 12.8. The third kappa shape index (κ3) is 4.32. The molecule has 6 nitrogen and oxygen atoms in total. The maximum Gasteiger partial charge on any atom is 0.243 e. The van der Waals surface area contributed by atoms with Gasteiger partial charge in [0, 0.05) is 44.5 Å². The first-order chi connectivity index (χ1) is 11.0. The summed E-state index contributed by atoms with van der Waals surface area (Å²) in [6.07, 6.45) is 2.08. The molecule has 0 atom stereocenters. The van der Waals surface area contributed by atoms with Crippen LogP contribution in [-0.2, 0) is 10.0 Å². The number of hydrogen-bond acceptors (Lipinski definition) is 6. The standard InChI is InChI=1S/C15H24N2O4S2/c1-20-14-5-4-13(12-15(14)21-2)23(18,19)17-8-6-16(7-9-17)10-11-22-3/h4-5,12H,6-11H2,1-3H3. The number of sulfonamides is 1. The molecule has 1 aliphatic heterocycles. The van der Waals surface area contributed by atoms with E-state index >= 15 is 0 Å². The zero-order valence-corrected chi connectivity index (χ0v) is 15.5. The van der Waals surface area contributed by atoms with Crippen LogP contribution < -0.4 is 9.47 Å². The molecule has 0 spiro atoms. The summed E-state index contributed by atoms with van der Waals surface area (Å²) in [6.45, 7) is 3.59. The van der Waals surface area contributed by atoms with Crippen LogP contribution >= 0.6 is 11.8 Å². The van der Waals surface area contributed by atoms with Crippen LogP contribution in [0.2, 0.25) is 0 Å². The molecule has 1 aromatic rings. The van der Waals surface area contributed by atoms with Gasteiger partial charge in [0.2, 0.25) is 10.0 Å². The molecule has 0 N–H and O–H groups in total. The van der Waals surface area contributed by atoms with E-state index in [1.165, 1.54) is 20.3 Å². The molecule has 130 valence electrons. The normalized spacial score (nSPS) is 17.2. The molecule has 0 aliphatic carbocycles. The van der Waals surface area contributed by atoms with Gasteiger partial charge in [0.15, 0.2) is 11.5 Å². The molecule has 2 rings (SSSR count). The molecular weight excluding hydrogens is 336 g/mol. The first kappa shape index (κ1) is 18.4. The minimum Gasteiger partial charge on any atom is -0.493 e. The van der Waals surface area contributed by atoms with Gasteiger partial charge in [-0.25, -0.2) is 8.42 Å². The summed E-state index contributed by atoms with van der Waals surface area (Å²) in [4.78, 5) is 2.55. The van der Waals surface area contributed by atoms with Crippen molar-refractivity contribution in [1.29, 1.82) is 0 Å². The molecule has 1 saturated heterocycles. The van der Waals surface area contributed by atoms with E-state index < -0.39 is 10.0 Å². The largest absolute Gasteiger partial charge is 0.493 e. The van der Waals surface area contributed by atoms with Crippen LogP contribution in [0.15, 0.2) is 23.1 Å². The minimum atomic E-state index is -3.50. The molecule has 0 amide bonds. The van der Waals surface area contributed by atoms with E-state index in [0.29, 0.717) is 24.6 Å². The van der Waals surface area contributed by atoms with Crippen LogP contribution in [0.4, 0.5) is 0 Å². The van der Waals surface area contributed by atoms with E-state index in [9.17, 15) is 8.42 Å². The maximum absolute atomic E-state index is 12.8. The first-order valence-corrected chi connectivity index (χ1v) is 10.3. The van der Waals surface area contributed by atoms with Crippen molar-refractivity contribution in [3.63, 3.8) is 0 Å². The Labute approximate surface area is 142 Å². The van der Waals surface area contributed by atoms with Gasteiger partial charge in [-0.1, -0.05) is 0 Å². The highest BCUT2D eigenvalue weighted by Gasteiger charge is 2.29. The number of hydrogen-bond donors (Lipinski definition) is 0. The van der Waals surface area contributed by atoms with Crippen molar-refractivity contribution in [2.24, 2.45) is 0 Å². The average molecular weight is 361 g/mol. The molecule has 1 fully saturated rings. The molecule has 23 heavy (non-hydrogen) atoms. The van der Waals surface area contributed by atoms with Gasteiger partial charge in [-0.15, -0.1) is 0 Å². The molecule has 0 aromatic heterocycles. The van der Waals surface area contributed by atoms with Crippen LogP contribution in [-0.4, -0.2) is 76.6 Å². The number of methoxy groups -OCH3 is 2. The van der Waals surface area contributed by atoms with Crippen molar-refractivity contribution < 1.29 is 17.9 Å². The number of nitrogens with zero attached hydrogens (tertiary/aromatic N) is 2. The van der Waals surface area contributed by atoms with Crippen molar-refractivity contribution in [3.8, 4) is 11.5 Å². The molecule has 8 heteroatoms. The van der Waals surface area contributed by atoms with E-state index in [0.717, 1.165) is 25.4 Å². The lowest BCUT2D eigenvalue weighted by Gasteiger charge is -2.33. The summed E-state index contributed by atoms with van der Waals surface area (Å²) in [6, 6.07) is 4.71. The van der Waals surface area contributed by atoms with Gasteiger partial charge in [-0.3, -0.25) is 4.90 Å². The van der Waals surface area contributed by atoms with Crippen LogP contribution in [0.5, 0.6) is 11.5 Å². The quantitative estimate of drug-likeness (QED) is 0.732. The second kappa shape index (κ2) is 8.23. The fourth-order valence-electron chi connectivity index (χ4n) is 2.54. The highest BCUT2D eigenvalue weighted by Crippen LogP contribution is 2.30. The Hall–Kier alpha value is -0.960. The Morgan fingerprint density at radius 1 is 1.09 bits per heavy atom. The molecule has 0 bridgehead atoms. The van der Waals surface area contributed by atoms with Gasteiger partial charge in [0.1, 0.15) is 0 Å². The van der Waals surface area contributed by atoms with Gasteiger partial charge in [0.05, 0.1) is 19.1 Å². The molecule has 0 unspecified atom stereocenters. The summed E-state index contributed by atoms with van der Waals surface area (Å²) < 4.78 is 37.5. The van der Waals surface area contributed by atoms with Crippen molar-refractivity contribution in [2.45, 2.75) is 4.90 Å². The van der Waals surface area contributed by atoms with Gasteiger partial charge in [-0.05, 0) is 18.4 Å². The van der Waals surface area contributed by atoms with Crippen molar-refractivity contribution >= 4 is 21.8 Å². The molecule has 0 saturated carbocycles. The lowest BCUT2D eigenvalue weighted by atomic mass is 10.3. The zero-order valence-electron chi connectivity index (χ0n) is 13.8. The Morgan fingerprint density at radius 2 is 1.74 bits per heavy atom. The van der Waals surface area contributed by atoms with Crippen LogP contribution in [0, 0.1) is 0 Å². The number of ether oxygens (including phenoxy) is 2. The summed E-state index contributed by atoms with van der Waals surface area (Å²) in [5.41, 5.74) is 0. The molecule has 0 radical (unpaired) electrons. The van der Waals surface area contributed by atoms with Crippen molar-refractivity contribution in [1.82, 2.24) is 9.21 Å². The van der Waals surface area contributed by atoms with E-state index in [-0.39, 0.29) is 4.90 Å². The molecular formula is C15H24N2O4S2. The molecule has 1 aliphatic rings. The lowest BCUT2D eigenvalue weighted by Crippen LogP contribution is -2.49. The Kier molecular flexibility index (Phi) is 6.58. The Balaban J connectivity index is 2.10. The third-order valence-corrected chi connectivity index (χ3v) is 6.42. The van der Waals surface area contributed by atoms with E-state index in [4.69, 9.17) is 9.47 Å². The van der Waals surface area contributed by atoms with Crippen LogP contribution in [0.25, 0.3) is 0 Å². The number of thioether (sulfide) groups is 1. The fraction of sp³-hybridized carbons (Fsp3) is 0.600. The topological polar surface area (TPSA) is 59.1 Å².